The molecule has 1 aliphatic heterocycles. The van der Waals surface area contributed by atoms with Crippen LogP contribution < -0.4 is 0 Å². The van der Waals surface area contributed by atoms with Crippen molar-refractivity contribution in [3.63, 3.8) is 0 Å². The fraction of sp³-hybridized carbons (Fsp3) is 0.300. The smallest absolute Gasteiger partial charge is 0.308 e. The second-order valence-electron chi connectivity index (χ2n) is 6.27. The number of carboxylic acids is 1. The molecule has 1 fully saturated rings. The lowest BCUT2D eigenvalue weighted by Crippen LogP contribution is -2.49. The molecule has 4 heteroatoms. The fourth-order valence-corrected chi connectivity index (χ4v) is 3.36. The summed E-state index contributed by atoms with van der Waals surface area (Å²) in [4.78, 5) is 25.8. The Labute approximate surface area is 141 Å². The number of carbonyl (C=O) groups excluding carboxylic acids is 1. The molecule has 4 nitrogen and oxygen atoms in total. The number of rotatable bonds is 3. The molecule has 1 aliphatic rings. The summed E-state index contributed by atoms with van der Waals surface area (Å²) < 4.78 is 0. The van der Waals surface area contributed by atoms with Crippen molar-refractivity contribution in [2.45, 2.75) is 25.8 Å². The zero-order valence-electron chi connectivity index (χ0n) is 13.7. The van der Waals surface area contributed by atoms with E-state index in [0.29, 0.717) is 18.5 Å². The Morgan fingerprint density at radius 3 is 2.25 bits per heavy atom. The number of likely N-dealkylation sites (tertiary alicyclic amines) is 1. The molecule has 0 saturated carbocycles. The average molecular weight is 323 g/mol. The van der Waals surface area contributed by atoms with Crippen LogP contribution in [0.25, 0.3) is 11.1 Å². The highest BCUT2D eigenvalue weighted by Gasteiger charge is 2.35. The van der Waals surface area contributed by atoms with Crippen molar-refractivity contribution in [3.8, 4) is 11.1 Å². The van der Waals surface area contributed by atoms with Crippen molar-refractivity contribution in [2.75, 3.05) is 6.54 Å². The average Bonchev–Trinajstić information content (AvgIpc) is 2.62. The third-order valence-corrected chi connectivity index (χ3v) is 4.81. The van der Waals surface area contributed by atoms with E-state index in [1.807, 2.05) is 61.5 Å². The number of benzene rings is 2. The van der Waals surface area contributed by atoms with Crippen LogP contribution in [0.1, 0.15) is 30.1 Å². The minimum absolute atomic E-state index is 0.0898. The van der Waals surface area contributed by atoms with Gasteiger partial charge < -0.3 is 10.0 Å². The van der Waals surface area contributed by atoms with Gasteiger partial charge in [-0.15, -0.1) is 0 Å². The monoisotopic (exact) mass is 323 g/mol. The molecule has 0 aliphatic carbocycles. The maximum atomic E-state index is 12.8. The van der Waals surface area contributed by atoms with Gasteiger partial charge in [0.05, 0.1) is 5.92 Å². The molecule has 3 rings (SSSR count). The van der Waals surface area contributed by atoms with Gasteiger partial charge in [0.2, 0.25) is 0 Å². The molecule has 1 saturated heterocycles. The number of carbonyl (C=O) groups is 2. The lowest BCUT2D eigenvalue weighted by atomic mass is 9.89. The number of amides is 1. The van der Waals surface area contributed by atoms with E-state index in [1.54, 1.807) is 4.90 Å². The molecular formula is C20H21NO3. The SMILES string of the molecule is C[C@@H]1[C@H](C(=O)O)CCCN1C(=O)c1ccc(-c2ccccc2)cc1. The zero-order chi connectivity index (χ0) is 17.1. The van der Waals surface area contributed by atoms with Gasteiger partial charge in [0.25, 0.3) is 5.91 Å². The van der Waals surface area contributed by atoms with Gasteiger partial charge in [0, 0.05) is 18.2 Å². The maximum absolute atomic E-state index is 12.8. The first kappa shape index (κ1) is 16.2. The first-order valence-electron chi connectivity index (χ1n) is 8.27. The standard InChI is InChI=1S/C20H21NO3/c1-14-18(20(23)24)8-5-13-21(14)19(22)17-11-9-16(10-12-17)15-6-3-2-4-7-15/h2-4,6-7,9-12,14,18H,5,8,13H2,1H3,(H,23,24)/t14-,18-/m1/s1. The lowest BCUT2D eigenvalue weighted by Gasteiger charge is -2.37. The molecule has 124 valence electrons. The Hall–Kier alpha value is -2.62. The van der Waals surface area contributed by atoms with Crippen LogP contribution in [0.3, 0.4) is 0 Å². The van der Waals surface area contributed by atoms with Crippen LogP contribution in [0.5, 0.6) is 0 Å². The van der Waals surface area contributed by atoms with E-state index in [4.69, 9.17) is 0 Å². The molecule has 2 aromatic rings. The summed E-state index contributed by atoms with van der Waals surface area (Å²) in [5.41, 5.74) is 2.77. The minimum atomic E-state index is -0.820. The first-order valence-corrected chi connectivity index (χ1v) is 8.27. The fourth-order valence-electron chi connectivity index (χ4n) is 3.36. The van der Waals surface area contributed by atoms with Gasteiger partial charge in [-0.2, -0.15) is 0 Å². The number of aliphatic carboxylic acids is 1. The molecule has 2 aromatic carbocycles. The minimum Gasteiger partial charge on any atom is -0.481 e. The van der Waals surface area contributed by atoms with Gasteiger partial charge in [0.1, 0.15) is 0 Å². The molecule has 1 N–H and O–H groups in total. The highest BCUT2D eigenvalue weighted by atomic mass is 16.4. The molecular weight excluding hydrogens is 302 g/mol. The largest absolute Gasteiger partial charge is 0.481 e. The van der Waals surface area contributed by atoms with E-state index >= 15 is 0 Å². The van der Waals surface area contributed by atoms with Crippen LogP contribution in [0.4, 0.5) is 0 Å². The molecule has 0 bridgehead atoms. The predicted molar refractivity (Wildman–Crippen MR) is 92.7 cm³/mol. The van der Waals surface area contributed by atoms with Crippen LogP contribution in [0, 0.1) is 5.92 Å². The predicted octanol–water partition coefficient (Wildman–Crippen LogP) is 3.68. The van der Waals surface area contributed by atoms with Crippen molar-refractivity contribution in [1.82, 2.24) is 4.90 Å². The Morgan fingerprint density at radius 1 is 1.00 bits per heavy atom. The third kappa shape index (κ3) is 3.18. The first-order chi connectivity index (χ1) is 11.6. The van der Waals surface area contributed by atoms with Crippen molar-refractivity contribution < 1.29 is 14.7 Å². The van der Waals surface area contributed by atoms with Gasteiger partial charge in [-0.25, -0.2) is 0 Å². The van der Waals surface area contributed by atoms with Crippen molar-refractivity contribution in [1.29, 1.82) is 0 Å². The van der Waals surface area contributed by atoms with Crippen molar-refractivity contribution in [3.05, 3.63) is 60.2 Å². The Morgan fingerprint density at radius 2 is 1.62 bits per heavy atom. The number of hydrogen-bond donors (Lipinski definition) is 1. The number of carboxylic acid groups (broad SMARTS) is 1. The second-order valence-corrected chi connectivity index (χ2v) is 6.27. The van der Waals surface area contributed by atoms with Gasteiger partial charge in [-0.05, 0) is 43.0 Å². The Bertz CT molecular complexity index is 724. The highest BCUT2D eigenvalue weighted by Crippen LogP contribution is 2.26. The van der Waals surface area contributed by atoms with Gasteiger partial charge in [0.15, 0.2) is 0 Å². The third-order valence-electron chi connectivity index (χ3n) is 4.81. The van der Waals surface area contributed by atoms with Crippen LogP contribution in [-0.2, 0) is 4.79 Å². The molecule has 0 aromatic heterocycles. The molecule has 0 radical (unpaired) electrons. The topological polar surface area (TPSA) is 57.6 Å². The van der Waals surface area contributed by atoms with Gasteiger partial charge in [-0.1, -0.05) is 42.5 Å². The van der Waals surface area contributed by atoms with E-state index in [1.165, 1.54) is 0 Å². The molecule has 24 heavy (non-hydrogen) atoms. The zero-order valence-corrected chi connectivity index (χ0v) is 13.7. The highest BCUT2D eigenvalue weighted by molar-refractivity contribution is 5.95. The van der Waals surface area contributed by atoms with Crippen LogP contribution >= 0.6 is 0 Å². The summed E-state index contributed by atoms with van der Waals surface area (Å²) in [6, 6.07) is 17.2. The summed E-state index contributed by atoms with van der Waals surface area (Å²) in [6.45, 7) is 2.44. The van der Waals surface area contributed by atoms with E-state index in [0.717, 1.165) is 17.5 Å². The number of nitrogens with zero attached hydrogens (tertiary/aromatic N) is 1. The van der Waals surface area contributed by atoms with Gasteiger partial charge in [-0.3, -0.25) is 9.59 Å². The number of piperidine rings is 1. The van der Waals surface area contributed by atoms with Crippen LogP contribution in [-0.4, -0.2) is 34.5 Å². The summed E-state index contributed by atoms with van der Waals surface area (Å²) in [7, 11) is 0. The van der Waals surface area contributed by atoms with E-state index < -0.39 is 11.9 Å². The summed E-state index contributed by atoms with van der Waals surface area (Å²) in [6.07, 6.45) is 1.36. The van der Waals surface area contributed by atoms with Crippen LogP contribution in [0.2, 0.25) is 0 Å². The summed E-state index contributed by atoms with van der Waals surface area (Å²) >= 11 is 0. The Balaban J connectivity index is 1.79. The molecule has 0 spiro atoms. The molecule has 2 atom stereocenters. The van der Waals surface area contributed by atoms with Crippen molar-refractivity contribution >= 4 is 11.9 Å². The molecule has 1 amide bonds. The normalized spacial score (nSPS) is 20.6. The van der Waals surface area contributed by atoms with E-state index in [-0.39, 0.29) is 11.9 Å². The quantitative estimate of drug-likeness (QED) is 0.937. The second kappa shape index (κ2) is 6.87. The Kier molecular flexibility index (Phi) is 4.65. The van der Waals surface area contributed by atoms with Crippen molar-refractivity contribution in [2.24, 2.45) is 5.92 Å². The van der Waals surface area contributed by atoms with E-state index in [9.17, 15) is 14.7 Å². The summed E-state index contributed by atoms with van der Waals surface area (Å²) in [5, 5.41) is 9.30. The van der Waals surface area contributed by atoms with Gasteiger partial charge >= 0.3 is 5.97 Å². The molecule has 1 heterocycles. The molecule has 0 unspecified atom stereocenters. The van der Waals surface area contributed by atoms with E-state index in [2.05, 4.69) is 0 Å². The lowest BCUT2D eigenvalue weighted by molar-refractivity contribution is -0.144. The maximum Gasteiger partial charge on any atom is 0.308 e. The van der Waals surface area contributed by atoms with Crippen LogP contribution in [0.15, 0.2) is 54.6 Å². The summed E-state index contributed by atoms with van der Waals surface area (Å²) in [5.74, 6) is -1.39. The number of hydrogen-bond acceptors (Lipinski definition) is 2.